The Morgan fingerprint density at radius 1 is 1.15 bits per heavy atom. The van der Waals surface area contributed by atoms with Gasteiger partial charge in [-0.1, -0.05) is 35.9 Å². The molecule has 0 atom stereocenters. The number of nitrogens with zero attached hydrogens (tertiary/aromatic N) is 1. The molecular weight excluding hydrogens is 274 g/mol. The van der Waals surface area contributed by atoms with Crippen LogP contribution in [0.25, 0.3) is 0 Å². The second-order valence-electron chi connectivity index (χ2n) is 4.72. The zero-order valence-electron chi connectivity index (χ0n) is 11.2. The molecule has 104 valence electrons. The Balaban J connectivity index is 1.96. The second-order valence-corrected chi connectivity index (χ2v) is 5.16. The topological polar surface area (TPSA) is 40.5 Å². The van der Waals surface area contributed by atoms with Crippen LogP contribution in [0.3, 0.4) is 0 Å². The number of rotatable bonds is 4. The molecule has 0 unspecified atom stereocenters. The zero-order chi connectivity index (χ0) is 14.5. The third-order valence-corrected chi connectivity index (χ3v) is 3.26. The lowest BCUT2D eigenvalue weighted by atomic mass is 10.1. The summed E-state index contributed by atoms with van der Waals surface area (Å²) in [5.74, 6) is 0.252. The van der Waals surface area contributed by atoms with E-state index in [1.165, 1.54) is 0 Å². The van der Waals surface area contributed by atoms with E-state index in [-0.39, 0.29) is 11.7 Å². The number of phenols is 1. The first-order valence-electron chi connectivity index (χ1n) is 6.31. The Kier molecular flexibility index (Phi) is 4.64. The number of hydrogen-bond acceptors (Lipinski definition) is 2. The van der Waals surface area contributed by atoms with Gasteiger partial charge < -0.3 is 10.0 Å². The molecule has 2 aromatic rings. The fourth-order valence-electron chi connectivity index (χ4n) is 1.92. The Bertz CT molecular complexity index is 596. The first kappa shape index (κ1) is 14.4. The normalized spacial score (nSPS) is 10.3. The van der Waals surface area contributed by atoms with Gasteiger partial charge in [0.2, 0.25) is 5.91 Å². The largest absolute Gasteiger partial charge is 0.508 e. The Labute approximate surface area is 123 Å². The lowest BCUT2D eigenvalue weighted by Crippen LogP contribution is -2.27. The van der Waals surface area contributed by atoms with Crippen molar-refractivity contribution in [2.75, 3.05) is 7.05 Å². The third-order valence-electron chi connectivity index (χ3n) is 3.03. The molecule has 2 rings (SSSR count). The molecule has 0 aliphatic rings. The molecule has 0 aliphatic heterocycles. The van der Waals surface area contributed by atoms with Gasteiger partial charge in [-0.05, 0) is 35.4 Å². The number of carbonyl (C=O) groups is 1. The molecule has 0 aromatic heterocycles. The van der Waals surface area contributed by atoms with Gasteiger partial charge in [-0.15, -0.1) is 0 Å². The maximum atomic E-state index is 12.1. The van der Waals surface area contributed by atoms with E-state index in [2.05, 4.69) is 0 Å². The van der Waals surface area contributed by atoms with Crippen molar-refractivity contribution in [1.82, 2.24) is 4.90 Å². The van der Waals surface area contributed by atoms with Gasteiger partial charge in [0.1, 0.15) is 5.75 Å². The van der Waals surface area contributed by atoms with Crippen molar-refractivity contribution in [1.29, 1.82) is 0 Å². The molecule has 0 fully saturated rings. The van der Waals surface area contributed by atoms with Gasteiger partial charge in [0.15, 0.2) is 0 Å². The number of benzene rings is 2. The highest BCUT2D eigenvalue weighted by Crippen LogP contribution is 2.14. The van der Waals surface area contributed by atoms with Crippen LogP contribution in [0.4, 0.5) is 0 Å². The molecule has 0 aliphatic carbocycles. The molecule has 1 amide bonds. The summed E-state index contributed by atoms with van der Waals surface area (Å²) in [6.45, 7) is 0.514. The maximum absolute atomic E-state index is 12.1. The van der Waals surface area contributed by atoms with Crippen LogP contribution in [-0.4, -0.2) is 23.0 Å². The fourth-order valence-corrected chi connectivity index (χ4v) is 2.13. The summed E-state index contributed by atoms with van der Waals surface area (Å²) >= 11 is 5.90. The minimum atomic E-state index is 0.0281. The SMILES string of the molecule is CN(Cc1ccc(O)cc1)C(=O)Cc1cccc(Cl)c1. The monoisotopic (exact) mass is 289 g/mol. The number of carbonyl (C=O) groups excluding carboxylic acids is 1. The predicted octanol–water partition coefficient (Wildman–Crippen LogP) is 3.25. The average Bonchev–Trinajstić information content (AvgIpc) is 2.41. The van der Waals surface area contributed by atoms with Gasteiger partial charge >= 0.3 is 0 Å². The van der Waals surface area contributed by atoms with E-state index in [4.69, 9.17) is 11.6 Å². The van der Waals surface area contributed by atoms with Gasteiger partial charge in [-0.25, -0.2) is 0 Å². The molecule has 0 radical (unpaired) electrons. The quantitative estimate of drug-likeness (QED) is 0.938. The van der Waals surface area contributed by atoms with Crippen molar-refractivity contribution in [3.05, 3.63) is 64.7 Å². The van der Waals surface area contributed by atoms with Crippen molar-refractivity contribution < 1.29 is 9.90 Å². The molecule has 0 bridgehead atoms. The number of phenolic OH excluding ortho intramolecular Hbond substituents is 1. The molecule has 3 nitrogen and oxygen atoms in total. The Morgan fingerprint density at radius 3 is 2.50 bits per heavy atom. The highest BCUT2D eigenvalue weighted by molar-refractivity contribution is 6.30. The molecule has 4 heteroatoms. The van der Waals surface area contributed by atoms with Crippen LogP contribution in [0.2, 0.25) is 5.02 Å². The molecule has 1 N–H and O–H groups in total. The van der Waals surface area contributed by atoms with Crippen molar-refractivity contribution in [2.45, 2.75) is 13.0 Å². The summed E-state index contributed by atoms with van der Waals surface area (Å²) in [5.41, 5.74) is 1.88. The standard InChI is InChI=1S/C16H16ClNO2/c1-18(11-12-5-7-15(19)8-6-12)16(20)10-13-3-2-4-14(17)9-13/h2-9,19H,10-11H2,1H3. The van der Waals surface area contributed by atoms with Gasteiger partial charge in [-0.2, -0.15) is 0 Å². The highest BCUT2D eigenvalue weighted by atomic mass is 35.5. The van der Waals surface area contributed by atoms with Crippen LogP contribution in [0, 0.1) is 0 Å². The van der Waals surface area contributed by atoms with E-state index in [0.29, 0.717) is 18.0 Å². The summed E-state index contributed by atoms with van der Waals surface area (Å²) in [6, 6.07) is 14.2. The highest BCUT2D eigenvalue weighted by Gasteiger charge is 2.10. The number of hydrogen-bond donors (Lipinski definition) is 1. The van der Waals surface area contributed by atoms with Gasteiger partial charge in [0.25, 0.3) is 0 Å². The van der Waals surface area contributed by atoms with E-state index in [1.54, 1.807) is 48.3 Å². The van der Waals surface area contributed by atoms with Crippen molar-refractivity contribution in [2.24, 2.45) is 0 Å². The molecule has 0 saturated heterocycles. The smallest absolute Gasteiger partial charge is 0.227 e. The molecule has 0 saturated carbocycles. The van der Waals surface area contributed by atoms with Gasteiger partial charge in [0.05, 0.1) is 6.42 Å². The maximum Gasteiger partial charge on any atom is 0.227 e. The fraction of sp³-hybridized carbons (Fsp3) is 0.188. The first-order valence-corrected chi connectivity index (χ1v) is 6.69. The van der Waals surface area contributed by atoms with E-state index in [9.17, 15) is 9.90 Å². The Hall–Kier alpha value is -2.00. The van der Waals surface area contributed by atoms with E-state index < -0.39 is 0 Å². The van der Waals surface area contributed by atoms with Crippen LogP contribution in [0.15, 0.2) is 48.5 Å². The molecule has 20 heavy (non-hydrogen) atoms. The second kappa shape index (κ2) is 6.44. The van der Waals surface area contributed by atoms with Crippen LogP contribution >= 0.6 is 11.6 Å². The minimum Gasteiger partial charge on any atom is -0.508 e. The summed E-state index contributed by atoms with van der Waals surface area (Å²) in [6.07, 6.45) is 0.329. The summed E-state index contributed by atoms with van der Waals surface area (Å²) in [5, 5.41) is 9.86. The minimum absolute atomic E-state index is 0.0281. The number of likely N-dealkylation sites (N-methyl/N-ethyl adjacent to an activating group) is 1. The zero-order valence-corrected chi connectivity index (χ0v) is 12.0. The van der Waals surface area contributed by atoms with E-state index in [0.717, 1.165) is 11.1 Å². The van der Waals surface area contributed by atoms with Gasteiger partial charge in [-0.3, -0.25) is 4.79 Å². The molecule has 2 aromatic carbocycles. The van der Waals surface area contributed by atoms with Crippen molar-refractivity contribution >= 4 is 17.5 Å². The van der Waals surface area contributed by atoms with Crippen LogP contribution in [-0.2, 0) is 17.8 Å². The lowest BCUT2D eigenvalue weighted by molar-refractivity contribution is -0.129. The lowest BCUT2D eigenvalue weighted by Gasteiger charge is -2.17. The van der Waals surface area contributed by atoms with Crippen LogP contribution < -0.4 is 0 Å². The molecule has 0 heterocycles. The average molecular weight is 290 g/mol. The van der Waals surface area contributed by atoms with Crippen molar-refractivity contribution in [3.8, 4) is 5.75 Å². The third kappa shape index (κ3) is 4.00. The van der Waals surface area contributed by atoms with Crippen LogP contribution in [0.5, 0.6) is 5.75 Å². The molecular formula is C16H16ClNO2. The summed E-state index contributed by atoms with van der Waals surface area (Å²) < 4.78 is 0. The van der Waals surface area contributed by atoms with E-state index >= 15 is 0 Å². The Morgan fingerprint density at radius 2 is 1.85 bits per heavy atom. The van der Waals surface area contributed by atoms with Gasteiger partial charge in [0, 0.05) is 18.6 Å². The number of halogens is 1. The van der Waals surface area contributed by atoms with Crippen LogP contribution in [0.1, 0.15) is 11.1 Å². The van der Waals surface area contributed by atoms with E-state index in [1.807, 2.05) is 12.1 Å². The summed E-state index contributed by atoms with van der Waals surface area (Å²) in [7, 11) is 1.76. The molecule has 0 spiro atoms. The number of aromatic hydroxyl groups is 1. The first-order chi connectivity index (χ1) is 9.54. The van der Waals surface area contributed by atoms with Crippen molar-refractivity contribution in [3.63, 3.8) is 0 Å². The summed E-state index contributed by atoms with van der Waals surface area (Å²) in [4.78, 5) is 13.8. The number of amides is 1. The predicted molar refractivity (Wildman–Crippen MR) is 79.7 cm³/mol.